The lowest BCUT2D eigenvalue weighted by atomic mass is 9.65. The fourth-order valence-corrected chi connectivity index (χ4v) is 2.33. The van der Waals surface area contributed by atoms with Gasteiger partial charge >= 0.3 is 0 Å². The fraction of sp³-hybridized carbons (Fsp3) is 1.00. The summed E-state index contributed by atoms with van der Waals surface area (Å²) >= 11 is 4.56. The zero-order valence-electron chi connectivity index (χ0n) is 11.0. The van der Waals surface area contributed by atoms with Gasteiger partial charge in [0.25, 0.3) is 0 Å². The summed E-state index contributed by atoms with van der Waals surface area (Å²) in [6.07, 6.45) is 1.27. The molecule has 4 atom stereocenters. The zero-order chi connectivity index (χ0) is 11.5. The molecular formula is C13H28S. The summed E-state index contributed by atoms with van der Waals surface area (Å²) in [5, 5.41) is 0.494. The van der Waals surface area contributed by atoms with Crippen molar-refractivity contribution in [1.29, 1.82) is 0 Å². The molecule has 0 aromatic rings. The quantitative estimate of drug-likeness (QED) is 0.635. The Balaban J connectivity index is 4.56. The molecule has 0 aromatic heterocycles. The molecule has 0 saturated heterocycles. The zero-order valence-corrected chi connectivity index (χ0v) is 11.9. The highest BCUT2D eigenvalue weighted by atomic mass is 32.1. The van der Waals surface area contributed by atoms with Crippen molar-refractivity contribution in [3.63, 3.8) is 0 Å². The van der Waals surface area contributed by atoms with Gasteiger partial charge in [-0.25, -0.2) is 0 Å². The van der Waals surface area contributed by atoms with Gasteiger partial charge in [0.1, 0.15) is 0 Å². The molecule has 0 nitrogen and oxygen atoms in total. The van der Waals surface area contributed by atoms with Gasteiger partial charge in [-0.15, -0.1) is 0 Å². The van der Waals surface area contributed by atoms with Crippen molar-refractivity contribution < 1.29 is 0 Å². The van der Waals surface area contributed by atoms with Crippen molar-refractivity contribution >= 4 is 12.6 Å². The van der Waals surface area contributed by atoms with Gasteiger partial charge in [-0.3, -0.25) is 0 Å². The molecule has 0 aliphatic heterocycles. The maximum Gasteiger partial charge on any atom is 0.00168 e. The van der Waals surface area contributed by atoms with E-state index in [4.69, 9.17) is 0 Å². The third kappa shape index (κ3) is 3.18. The largest absolute Gasteiger partial charge is 0.176 e. The molecule has 0 fully saturated rings. The normalized spacial score (nSPS) is 21.4. The van der Waals surface area contributed by atoms with E-state index < -0.39 is 0 Å². The summed E-state index contributed by atoms with van der Waals surface area (Å²) in [5.41, 5.74) is 0.422. The van der Waals surface area contributed by atoms with Gasteiger partial charge < -0.3 is 0 Å². The van der Waals surface area contributed by atoms with Crippen LogP contribution in [0.3, 0.4) is 0 Å². The Kier molecular flexibility index (Phi) is 5.57. The molecule has 0 amide bonds. The first kappa shape index (κ1) is 14.3. The summed E-state index contributed by atoms with van der Waals surface area (Å²) in [7, 11) is 0. The predicted molar refractivity (Wildman–Crippen MR) is 70.0 cm³/mol. The van der Waals surface area contributed by atoms with Gasteiger partial charge in [0.2, 0.25) is 0 Å². The van der Waals surface area contributed by atoms with Crippen LogP contribution in [0, 0.1) is 23.2 Å². The Morgan fingerprint density at radius 2 is 1.50 bits per heavy atom. The van der Waals surface area contributed by atoms with Gasteiger partial charge in [-0.2, -0.15) is 12.6 Å². The van der Waals surface area contributed by atoms with Crippen LogP contribution in [0.5, 0.6) is 0 Å². The van der Waals surface area contributed by atoms with E-state index in [1.165, 1.54) is 6.42 Å². The van der Waals surface area contributed by atoms with Gasteiger partial charge in [0.15, 0.2) is 0 Å². The minimum absolute atomic E-state index is 0.422. The first-order valence-electron chi connectivity index (χ1n) is 5.93. The lowest BCUT2D eigenvalue weighted by Gasteiger charge is -2.41. The Hall–Kier alpha value is 0.350. The molecule has 0 heterocycles. The lowest BCUT2D eigenvalue weighted by molar-refractivity contribution is 0.0936. The lowest BCUT2D eigenvalue weighted by Crippen LogP contribution is -2.35. The van der Waals surface area contributed by atoms with Crippen LogP contribution in [-0.4, -0.2) is 5.25 Å². The summed E-state index contributed by atoms with van der Waals surface area (Å²) in [5.74, 6) is 2.19. The van der Waals surface area contributed by atoms with Gasteiger partial charge in [0.05, 0.1) is 0 Å². The third-order valence-electron chi connectivity index (χ3n) is 4.61. The molecule has 0 aliphatic carbocycles. The molecule has 14 heavy (non-hydrogen) atoms. The van der Waals surface area contributed by atoms with E-state index in [0.717, 1.165) is 11.8 Å². The Labute approximate surface area is 96.3 Å². The average molecular weight is 216 g/mol. The smallest absolute Gasteiger partial charge is 0.00168 e. The van der Waals surface area contributed by atoms with Crippen LogP contribution in [0.4, 0.5) is 0 Å². The molecule has 4 unspecified atom stereocenters. The molecule has 0 aromatic carbocycles. The summed E-state index contributed by atoms with van der Waals surface area (Å²) in [6, 6.07) is 0. The molecule has 0 rings (SSSR count). The van der Waals surface area contributed by atoms with E-state index in [-0.39, 0.29) is 0 Å². The third-order valence-corrected chi connectivity index (χ3v) is 5.08. The fourth-order valence-electron chi connectivity index (χ4n) is 2.07. The minimum atomic E-state index is 0.422. The SMILES string of the molecule is CCC(C)C(C)(C)C(C)C(C)C(C)S. The van der Waals surface area contributed by atoms with Crippen LogP contribution >= 0.6 is 12.6 Å². The van der Waals surface area contributed by atoms with E-state index in [9.17, 15) is 0 Å². The van der Waals surface area contributed by atoms with Crippen molar-refractivity contribution in [3.05, 3.63) is 0 Å². The Morgan fingerprint density at radius 1 is 1.07 bits per heavy atom. The monoisotopic (exact) mass is 216 g/mol. The van der Waals surface area contributed by atoms with Crippen LogP contribution in [-0.2, 0) is 0 Å². The standard InChI is InChI=1S/C13H28S/c1-8-9(2)13(6,7)11(4)10(3)12(5)14/h9-12,14H,8H2,1-7H3. The van der Waals surface area contributed by atoms with Crippen LogP contribution in [0.25, 0.3) is 0 Å². The van der Waals surface area contributed by atoms with Crippen LogP contribution in [0.15, 0.2) is 0 Å². The number of thiol groups is 1. The van der Waals surface area contributed by atoms with Crippen molar-refractivity contribution in [3.8, 4) is 0 Å². The van der Waals surface area contributed by atoms with Crippen molar-refractivity contribution in [2.24, 2.45) is 23.2 Å². The topological polar surface area (TPSA) is 0 Å². The highest BCUT2D eigenvalue weighted by molar-refractivity contribution is 7.80. The summed E-state index contributed by atoms with van der Waals surface area (Å²) in [4.78, 5) is 0. The number of hydrogen-bond acceptors (Lipinski definition) is 1. The van der Waals surface area contributed by atoms with E-state index in [1.807, 2.05) is 0 Å². The minimum Gasteiger partial charge on any atom is -0.176 e. The van der Waals surface area contributed by atoms with Gasteiger partial charge in [0, 0.05) is 5.25 Å². The van der Waals surface area contributed by atoms with Gasteiger partial charge in [-0.1, -0.05) is 54.9 Å². The van der Waals surface area contributed by atoms with Crippen LogP contribution < -0.4 is 0 Å². The van der Waals surface area contributed by atoms with E-state index in [0.29, 0.717) is 16.6 Å². The average Bonchev–Trinajstić information content (AvgIpc) is 2.13. The first-order chi connectivity index (χ1) is 6.25. The Bertz CT molecular complexity index is 161. The maximum atomic E-state index is 4.56. The second-order valence-corrected chi connectivity index (χ2v) is 6.33. The highest BCUT2D eigenvalue weighted by Crippen LogP contribution is 2.42. The molecule has 0 radical (unpaired) electrons. The summed E-state index contributed by atoms with van der Waals surface area (Å²) in [6.45, 7) is 16.4. The predicted octanol–water partition coefficient (Wildman–Crippen LogP) is 4.65. The maximum absolute atomic E-state index is 4.56. The Morgan fingerprint density at radius 3 is 1.79 bits per heavy atom. The van der Waals surface area contributed by atoms with E-state index in [1.54, 1.807) is 0 Å². The van der Waals surface area contributed by atoms with E-state index in [2.05, 4.69) is 61.1 Å². The van der Waals surface area contributed by atoms with Crippen molar-refractivity contribution in [2.75, 3.05) is 0 Å². The summed E-state index contributed by atoms with van der Waals surface area (Å²) < 4.78 is 0. The second kappa shape index (κ2) is 5.44. The second-order valence-electron chi connectivity index (χ2n) is 5.52. The molecule has 0 N–H and O–H groups in total. The van der Waals surface area contributed by atoms with Crippen molar-refractivity contribution in [1.82, 2.24) is 0 Å². The van der Waals surface area contributed by atoms with Gasteiger partial charge in [-0.05, 0) is 23.2 Å². The van der Waals surface area contributed by atoms with Crippen LogP contribution in [0.1, 0.15) is 54.9 Å². The molecule has 1 heteroatoms. The number of rotatable bonds is 5. The molecule has 0 spiro atoms. The molecule has 0 bridgehead atoms. The van der Waals surface area contributed by atoms with E-state index >= 15 is 0 Å². The number of hydrogen-bond donors (Lipinski definition) is 1. The van der Waals surface area contributed by atoms with Crippen molar-refractivity contribution in [2.45, 2.75) is 60.1 Å². The molecular weight excluding hydrogens is 188 g/mol. The van der Waals surface area contributed by atoms with Crippen LogP contribution in [0.2, 0.25) is 0 Å². The molecule has 0 aliphatic rings. The molecule has 86 valence electrons. The highest BCUT2D eigenvalue weighted by Gasteiger charge is 2.34. The first-order valence-corrected chi connectivity index (χ1v) is 6.44. The molecule has 0 saturated carbocycles.